The van der Waals surface area contributed by atoms with Gasteiger partial charge in [0.1, 0.15) is 4.99 Å². The minimum Gasteiger partial charge on any atom is -0.469 e. The second-order valence-electron chi connectivity index (χ2n) is 3.65. The van der Waals surface area contributed by atoms with E-state index < -0.39 is 0 Å². The number of rotatable bonds is 3. The van der Waals surface area contributed by atoms with Gasteiger partial charge < -0.3 is 9.64 Å². The topological polar surface area (TPSA) is 29.5 Å². The Bertz CT molecular complexity index is 385. The fraction of sp³-hybridized carbons (Fsp3) is 0.333. The van der Waals surface area contributed by atoms with Crippen LogP contribution in [0.4, 0.5) is 0 Å². The summed E-state index contributed by atoms with van der Waals surface area (Å²) in [4.78, 5) is 13.7. The molecule has 0 saturated heterocycles. The van der Waals surface area contributed by atoms with Crippen LogP contribution in [-0.2, 0) is 16.0 Å². The molecule has 3 nitrogen and oxygen atoms in total. The minimum atomic E-state index is -0.233. The van der Waals surface area contributed by atoms with Gasteiger partial charge in [0, 0.05) is 19.7 Å². The Hall–Kier alpha value is -1.42. The van der Waals surface area contributed by atoms with E-state index in [1.54, 1.807) is 0 Å². The van der Waals surface area contributed by atoms with Gasteiger partial charge in [-0.05, 0) is 5.56 Å². The van der Waals surface area contributed by atoms with Crippen LogP contribution >= 0.6 is 12.2 Å². The molecule has 0 aliphatic heterocycles. The molecule has 1 rings (SSSR count). The summed E-state index contributed by atoms with van der Waals surface area (Å²) in [5.41, 5.74) is 1.91. The Morgan fingerprint density at radius 3 is 2.31 bits per heavy atom. The molecule has 0 saturated carbocycles. The predicted molar refractivity (Wildman–Crippen MR) is 67.5 cm³/mol. The molecule has 1 aromatic rings. The molecule has 4 heteroatoms. The molecule has 16 heavy (non-hydrogen) atoms. The first-order chi connectivity index (χ1) is 7.54. The average molecular weight is 237 g/mol. The molecule has 0 spiro atoms. The minimum absolute atomic E-state index is 0.233. The van der Waals surface area contributed by atoms with Crippen LogP contribution in [0.15, 0.2) is 24.3 Å². The number of thiocarbonyl (C=S) groups is 1. The monoisotopic (exact) mass is 237 g/mol. The zero-order valence-corrected chi connectivity index (χ0v) is 10.5. The van der Waals surface area contributed by atoms with Gasteiger partial charge in [-0.15, -0.1) is 0 Å². The van der Waals surface area contributed by atoms with E-state index in [-0.39, 0.29) is 5.97 Å². The lowest BCUT2D eigenvalue weighted by Crippen LogP contribution is -2.20. The standard InChI is InChI=1S/C12H15NO2S/c1-13(2)12(16)10-6-4-9(5-7-10)8-11(14)15-3/h4-7H,8H2,1-3H3. The van der Waals surface area contributed by atoms with Crippen LogP contribution in [0.3, 0.4) is 0 Å². The molecule has 0 bridgehead atoms. The first-order valence-electron chi connectivity index (χ1n) is 4.92. The molecule has 0 unspecified atom stereocenters. The van der Waals surface area contributed by atoms with E-state index in [2.05, 4.69) is 4.74 Å². The van der Waals surface area contributed by atoms with Crippen LogP contribution in [0.25, 0.3) is 0 Å². The van der Waals surface area contributed by atoms with Gasteiger partial charge in [-0.1, -0.05) is 36.5 Å². The number of carbonyl (C=O) groups excluding carboxylic acids is 1. The summed E-state index contributed by atoms with van der Waals surface area (Å²) in [5, 5.41) is 0. The van der Waals surface area contributed by atoms with Crippen molar-refractivity contribution >= 4 is 23.2 Å². The van der Waals surface area contributed by atoms with Crippen molar-refractivity contribution in [1.82, 2.24) is 4.90 Å². The summed E-state index contributed by atoms with van der Waals surface area (Å²) in [6.07, 6.45) is 0.297. The zero-order valence-electron chi connectivity index (χ0n) is 9.69. The SMILES string of the molecule is COC(=O)Cc1ccc(C(=S)N(C)C)cc1. The number of esters is 1. The molecular formula is C12H15NO2S. The fourth-order valence-corrected chi connectivity index (χ4v) is 1.40. The lowest BCUT2D eigenvalue weighted by molar-refractivity contribution is -0.139. The molecule has 86 valence electrons. The fourth-order valence-electron chi connectivity index (χ4n) is 1.26. The summed E-state index contributed by atoms with van der Waals surface area (Å²) in [6, 6.07) is 7.62. The molecule has 0 N–H and O–H groups in total. The Morgan fingerprint density at radius 1 is 1.31 bits per heavy atom. The summed E-state index contributed by atoms with van der Waals surface area (Å²) in [6.45, 7) is 0. The van der Waals surface area contributed by atoms with E-state index in [1.165, 1.54) is 7.11 Å². The zero-order chi connectivity index (χ0) is 12.1. The van der Waals surface area contributed by atoms with E-state index in [4.69, 9.17) is 12.2 Å². The van der Waals surface area contributed by atoms with Crippen molar-refractivity contribution < 1.29 is 9.53 Å². The summed E-state index contributed by atoms with van der Waals surface area (Å²) < 4.78 is 4.60. The van der Waals surface area contributed by atoms with Crippen LogP contribution in [0.1, 0.15) is 11.1 Å². The van der Waals surface area contributed by atoms with Crippen LogP contribution in [0.5, 0.6) is 0 Å². The maximum absolute atomic E-state index is 11.1. The van der Waals surface area contributed by atoms with Crippen LogP contribution in [-0.4, -0.2) is 37.1 Å². The molecule has 0 fully saturated rings. The normalized spacial score (nSPS) is 9.69. The molecular weight excluding hydrogens is 222 g/mol. The summed E-state index contributed by atoms with van der Waals surface area (Å²) in [5.74, 6) is -0.233. The molecule has 0 heterocycles. The second-order valence-corrected chi connectivity index (χ2v) is 4.04. The lowest BCUT2D eigenvalue weighted by Gasteiger charge is -2.13. The Morgan fingerprint density at radius 2 is 1.88 bits per heavy atom. The Balaban J connectivity index is 2.75. The molecule has 0 amide bonds. The number of benzene rings is 1. The van der Waals surface area contributed by atoms with Crippen molar-refractivity contribution in [3.63, 3.8) is 0 Å². The van der Waals surface area contributed by atoms with E-state index in [1.807, 2.05) is 43.3 Å². The third-order valence-corrected chi connectivity index (χ3v) is 2.78. The van der Waals surface area contributed by atoms with Gasteiger partial charge in [0.15, 0.2) is 0 Å². The summed E-state index contributed by atoms with van der Waals surface area (Å²) in [7, 11) is 5.20. The van der Waals surface area contributed by atoms with Crippen molar-refractivity contribution in [2.24, 2.45) is 0 Å². The van der Waals surface area contributed by atoms with E-state index in [0.717, 1.165) is 16.1 Å². The van der Waals surface area contributed by atoms with Crippen LogP contribution < -0.4 is 0 Å². The summed E-state index contributed by atoms with van der Waals surface area (Å²) >= 11 is 5.23. The highest BCUT2D eigenvalue weighted by Crippen LogP contribution is 2.08. The van der Waals surface area contributed by atoms with E-state index in [0.29, 0.717) is 6.42 Å². The maximum Gasteiger partial charge on any atom is 0.309 e. The third-order valence-electron chi connectivity index (χ3n) is 2.18. The van der Waals surface area contributed by atoms with Crippen molar-refractivity contribution in [3.8, 4) is 0 Å². The highest BCUT2D eigenvalue weighted by Gasteiger charge is 2.05. The lowest BCUT2D eigenvalue weighted by atomic mass is 10.1. The third kappa shape index (κ3) is 3.31. The second kappa shape index (κ2) is 5.61. The first kappa shape index (κ1) is 12.6. The molecule has 1 aromatic carbocycles. The number of carbonyl (C=O) groups is 1. The van der Waals surface area contributed by atoms with Crippen molar-refractivity contribution in [2.75, 3.05) is 21.2 Å². The number of hydrogen-bond acceptors (Lipinski definition) is 3. The van der Waals surface area contributed by atoms with Gasteiger partial charge in [-0.3, -0.25) is 4.79 Å². The smallest absolute Gasteiger partial charge is 0.309 e. The number of nitrogens with zero attached hydrogens (tertiary/aromatic N) is 1. The van der Waals surface area contributed by atoms with Crippen LogP contribution in [0.2, 0.25) is 0 Å². The quantitative estimate of drug-likeness (QED) is 0.590. The number of ether oxygens (including phenoxy) is 1. The number of methoxy groups -OCH3 is 1. The average Bonchev–Trinajstić information content (AvgIpc) is 2.28. The van der Waals surface area contributed by atoms with Gasteiger partial charge in [-0.25, -0.2) is 0 Å². The molecule has 0 aliphatic carbocycles. The Labute approximate surface area is 101 Å². The van der Waals surface area contributed by atoms with E-state index >= 15 is 0 Å². The predicted octanol–water partition coefficient (Wildman–Crippen LogP) is 1.64. The van der Waals surface area contributed by atoms with Crippen molar-refractivity contribution in [2.45, 2.75) is 6.42 Å². The van der Waals surface area contributed by atoms with Gasteiger partial charge in [0.25, 0.3) is 0 Å². The van der Waals surface area contributed by atoms with Gasteiger partial charge in [-0.2, -0.15) is 0 Å². The van der Waals surface area contributed by atoms with Crippen molar-refractivity contribution in [1.29, 1.82) is 0 Å². The van der Waals surface area contributed by atoms with Gasteiger partial charge in [0.2, 0.25) is 0 Å². The van der Waals surface area contributed by atoms with E-state index in [9.17, 15) is 4.79 Å². The maximum atomic E-state index is 11.1. The molecule has 0 atom stereocenters. The first-order valence-corrected chi connectivity index (χ1v) is 5.33. The number of hydrogen-bond donors (Lipinski definition) is 0. The van der Waals surface area contributed by atoms with Gasteiger partial charge >= 0.3 is 5.97 Å². The highest BCUT2D eigenvalue weighted by molar-refractivity contribution is 7.80. The molecule has 0 radical (unpaired) electrons. The largest absolute Gasteiger partial charge is 0.469 e. The van der Waals surface area contributed by atoms with Crippen LogP contribution in [0, 0.1) is 0 Å². The highest BCUT2D eigenvalue weighted by atomic mass is 32.1. The van der Waals surface area contributed by atoms with Crippen molar-refractivity contribution in [3.05, 3.63) is 35.4 Å². The van der Waals surface area contributed by atoms with Gasteiger partial charge in [0.05, 0.1) is 13.5 Å². The molecule has 0 aromatic heterocycles. The molecule has 0 aliphatic rings. The Kier molecular flexibility index (Phi) is 4.43.